The average molecular weight is 231 g/mol. The molecule has 1 aliphatic rings. The summed E-state index contributed by atoms with van der Waals surface area (Å²) in [7, 11) is -1.71. The number of rotatable bonds is 2. The maximum atomic E-state index is 9.47. The van der Waals surface area contributed by atoms with Crippen LogP contribution in [0.4, 0.5) is 0 Å². The van der Waals surface area contributed by atoms with E-state index in [1.807, 2.05) is 18.2 Å². The number of fused-ring (bicyclic) bond motifs is 1. The molecule has 1 aliphatic carbocycles. The van der Waals surface area contributed by atoms with Crippen LogP contribution < -0.4 is 0 Å². The third kappa shape index (κ3) is 1.91. The molecular weight excluding hydrogens is 214 g/mol. The van der Waals surface area contributed by atoms with Crippen LogP contribution in [0.15, 0.2) is 24.3 Å². The molecule has 0 bridgehead atoms. The first-order valence-corrected chi connectivity index (χ1v) is 9.07. The Morgan fingerprint density at radius 1 is 1.31 bits per heavy atom. The molecule has 2 rings (SSSR count). The molecular formula is C13H17NOSi. The zero-order valence-electron chi connectivity index (χ0n) is 10.1. The predicted molar refractivity (Wildman–Crippen MR) is 66.5 cm³/mol. The molecule has 84 valence electrons. The molecule has 3 heteroatoms. The van der Waals surface area contributed by atoms with Crippen LogP contribution in [0.3, 0.4) is 0 Å². The first-order valence-electron chi connectivity index (χ1n) is 5.67. The van der Waals surface area contributed by atoms with Crippen LogP contribution >= 0.6 is 0 Å². The number of nitrogens with zero attached hydrogens (tertiary/aromatic N) is 1. The van der Waals surface area contributed by atoms with Gasteiger partial charge in [0.2, 0.25) is 0 Å². The smallest absolute Gasteiger partial charge is 0.186 e. The summed E-state index contributed by atoms with van der Waals surface area (Å²) < 4.78 is 6.14. The quantitative estimate of drug-likeness (QED) is 0.732. The number of hydrogen-bond acceptors (Lipinski definition) is 2. The number of nitriles is 1. The third-order valence-electron chi connectivity index (χ3n) is 2.86. The van der Waals surface area contributed by atoms with Crippen molar-refractivity contribution in [3.05, 3.63) is 35.4 Å². The maximum Gasteiger partial charge on any atom is 0.186 e. The SMILES string of the molecule is C[Si](C)(C)O[C@@]1(C#N)CCc2ccccc21. The lowest BCUT2D eigenvalue weighted by Gasteiger charge is -2.31. The van der Waals surface area contributed by atoms with Crippen molar-refractivity contribution in [2.45, 2.75) is 38.1 Å². The fraction of sp³-hybridized carbons (Fsp3) is 0.462. The summed E-state index contributed by atoms with van der Waals surface area (Å²) in [6, 6.07) is 10.6. The highest BCUT2D eigenvalue weighted by atomic mass is 28.4. The van der Waals surface area contributed by atoms with Crippen LogP contribution in [0.1, 0.15) is 17.5 Å². The Morgan fingerprint density at radius 2 is 2.00 bits per heavy atom. The molecule has 0 saturated heterocycles. The monoisotopic (exact) mass is 231 g/mol. The van der Waals surface area contributed by atoms with Crippen molar-refractivity contribution >= 4 is 8.32 Å². The number of benzene rings is 1. The van der Waals surface area contributed by atoms with Crippen molar-refractivity contribution in [2.24, 2.45) is 0 Å². The van der Waals surface area contributed by atoms with Gasteiger partial charge in [0.05, 0.1) is 0 Å². The lowest BCUT2D eigenvalue weighted by molar-refractivity contribution is 0.121. The van der Waals surface area contributed by atoms with Crippen molar-refractivity contribution in [1.82, 2.24) is 0 Å². The van der Waals surface area contributed by atoms with E-state index in [1.54, 1.807) is 0 Å². The maximum absolute atomic E-state index is 9.47. The van der Waals surface area contributed by atoms with E-state index in [1.165, 1.54) is 5.56 Å². The Labute approximate surface area is 98.0 Å². The molecule has 0 aromatic heterocycles. The highest BCUT2D eigenvalue weighted by Crippen LogP contribution is 2.41. The van der Waals surface area contributed by atoms with Crippen LogP contribution in [0.5, 0.6) is 0 Å². The van der Waals surface area contributed by atoms with Gasteiger partial charge in [0.15, 0.2) is 13.9 Å². The molecule has 0 unspecified atom stereocenters. The molecule has 0 fully saturated rings. The topological polar surface area (TPSA) is 33.0 Å². The molecule has 0 radical (unpaired) electrons. The molecule has 1 aromatic carbocycles. The molecule has 0 amide bonds. The first kappa shape index (κ1) is 11.4. The van der Waals surface area contributed by atoms with Gasteiger partial charge in [0.25, 0.3) is 0 Å². The highest BCUT2D eigenvalue weighted by Gasteiger charge is 2.42. The van der Waals surface area contributed by atoms with Gasteiger partial charge in [-0.3, -0.25) is 0 Å². The molecule has 0 saturated carbocycles. The lowest BCUT2D eigenvalue weighted by atomic mass is 9.98. The molecule has 0 heterocycles. The molecule has 16 heavy (non-hydrogen) atoms. The van der Waals surface area contributed by atoms with Gasteiger partial charge < -0.3 is 4.43 Å². The van der Waals surface area contributed by atoms with Gasteiger partial charge in [-0.2, -0.15) is 5.26 Å². The van der Waals surface area contributed by atoms with Crippen molar-refractivity contribution < 1.29 is 4.43 Å². The number of aryl methyl sites for hydroxylation is 1. The standard InChI is InChI=1S/C13H17NOSi/c1-16(2,3)15-13(10-14)9-8-11-6-4-5-7-12(11)13/h4-7H,8-9H2,1-3H3/t13-/m1/s1. The van der Waals surface area contributed by atoms with Crippen LogP contribution in [-0.2, 0) is 16.4 Å². The van der Waals surface area contributed by atoms with E-state index in [0.717, 1.165) is 18.4 Å². The van der Waals surface area contributed by atoms with E-state index < -0.39 is 13.9 Å². The van der Waals surface area contributed by atoms with Gasteiger partial charge in [-0.15, -0.1) is 0 Å². The van der Waals surface area contributed by atoms with Crippen molar-refractivity contribution in [3.8, 4) is 6.07 Å². The lowest BCUT2D eigenvalue weighted by Crippen LogP contribution is -2.38. The van der Waals surface area contributed by atoms with E-state index in [2.05, 4.69) is 31.8 Å². The minimum atomic E-state index is -1.71. The van der Waals surface area contributed by atoms with Gasteiger partial charge in [0, 0.05) is 5.56 Å². The second kappa shape index (κ2) is 3.72. The van der Waals surface area contributed by atoms with Gasteiger partial charge in [-0.1, -0.05) is 24.3 Å². The summed E-state index contributed by atoms with van der Waals surface area (Å²) in [6.07, 6.45) is 1.75. The van der Waals surface area contributed by atoms with Crippen molar-refractivity contribution in [3.63, 3.8) is 0 Å². The predicted octanol–water partition coefficient (Wildman–Crippen LogP) is 3.20. The molecule has 0 spiro atoms. The normalized spacial score (nSPS) is 23.9. The largest absolute Gasteiger partial charge is 0.396 e. The Kier molecular flexibility index (Phi) is 2.65. The van der Waals surface area contributed by atoms with E-state index >= 15 is 0 Å². The van der Waals surface area contributed by atoms with Crippen molar-refractivity contribution in [1.29, 1.82) is 5.26 Å². The Morgan fingerprint density at radius 3 is 2.62 bits per heavy atom. The summed E-state index contributed by atoms with van der Waals surface area (Å²) in [6.45, 7) is 6.40. The number of hydrogen-bond donors (Lipinski definition) is 0. The minimum absolute atomic E-state index is 0.679. The average Bonchev–Trinajstić information content (AvgIpc) is 2.57. The minimum Gasteiger partial charge on any atom is -0.396 e. The van der Waals surface area contributed by atoms with E-state index in [-0.39, 0.29) is 0 Å². The van der Waals surface area contributed by atoms with Crippen LogP contribution in [0, 0.1) is 11.3 Å². The Hall–Kier alpha value is -1.11. The van der Waals surface area contributed by atoms with E-state index in [0.29, 0.717) is 0 Å². The van der Waals surface area contributed by atoms with Crippen molar-refractivity contribution in [2.75, 3.05) is 0 Å². The van der Waals surface area contributed by atoms with Gasteiger partial charge in [-0.25, -0.2) is 0 Å². The van der Waals surface area contributed by atoms with Crippen LogP contribution in [-0.4, -0.2) is 8.32 Å². The zero-order valence-corrected chi connectivity index (χ0v) is 11.1. The first-order chi connectivity index (χ1) is 7.47. The van der Waals surface area contributed by atoms with Gasteiger partial charge in [0.1, 0.15) is 6.07 Å². The molecule has 0 aliphatic heterocycles. The summed E-state index contributed by atoms with van der Waals surface area (Å²) in [5, 5.41) is 9.47. The third-order valence-corrected chi connectivity index (χ3v) is 3.82. The molecule has 0 N–H and O–H groups in total. The van der Waals surface area contributed by atoms with Gasteiger partial charge in [-0.05, 0) is 38.0 Å². The second-order valence-electron chi connectivity index (χ2n) is 5.31. The van der Waals surface area contributed by atoms with Crippen LogP contribution in [0.2, 0.25) is 19.6 Å². The van der Waals surface area contributed by atoms with E-state index in [9.17, 15) is 5.26 Å². The summed E-state index contributed by atoms with van der Waals surface area (Å²) in [5.74, 6) is 0. The zero-order chi connectivity index (χ0) is 11.8. The van der Waals surface area contributed by atoms with Gasteiger partial charge >= 0.3 is 0 Å². The Bertz CT molecular complexity index is 444. The summed E-state index contributed by atoms with van der Waals surface area (Å²) >= 11 is 0. The Balaban J connectivity index is 2.43. The fourth-order valence-electron chi connectivity index (χ4n) is 2.35. The molecule has 1 atom stereocenters. The molecule has 1 aromatic rings. The van der Waals surface area contributed by atoms with E-state index in [4.69, 9.17) is 4.43 Å². The summed E-state index contributed by atoms with van der Waals surface area (Å²) in [5.41, 5.74) is 1.67. The second-order valence-corrected chi connectivity index (χ2v) is 9.74. The summed E-state index contributed by atoms with van der Waals surface area (Å²) in [4.78, 5) is 0. The fourth-order valence-corrected chi connectivity index (χ4v) is 3.65. The molecule has 2 nitrogen and oxygen atoms in total. The van der Waals surface area contributed by atoms with Crippen LogP contribution in [0.25, 0.3) is 0 Å². The highest BCUT2D eigenvalue weighted by molar-refractivity contribution is 6.69.